The van der Waals surface area contributed by atoms with Crippen LogP contribution in [0.3, 0.4) is 0 Å². The van der Waals surface area contributed by atoms with E-state index in [1.54, 1.807) is 14.2 Å². The lowest BCUT2D eigenvalue weighted by Crippen LogP contribution is -2.21. The third kappa shape index (κ3) is 3.66. The minimum Gasteiger partial charge on any atom is -0.497 e. The van der Waals surface area contributed by atoms with Crippen LogP contribution in [-0.4, -0.2) is 21.3 Å². The molecular formula is C17H27NO2. The number of nitrogens with one attached hydrogen (secondary N) is 1. The average molecular weight is 277 g/mol. The van der Waals surface area contributed by atoms with Crippen molar-refractivity contribution < 1.29 is 9.47 Å². The van der Waals surface area contributed by atoms with Crippen molar-refractivity contribution >= 4 is 0 Å². The molecule has 0 aromatic heterocycles. The summed E-state index contributed by atoms with van der Waals surface area (Å²) in [5, 5.41) is 3.46. The third-order valence-electron chi connectivity index (χ3n) is 4.46. The Morgan fingerprint density at radius 1 is 1.15 bits per heavy atom. The molecule has 20 heavy (non-hydrogen) atoms. The topological polar surface area (TPSA) is 30.5 Å². The number of benzene rings is 1. The third-order valence-corrected chi connectivity index (χ3v) is 4.46. The number of hydrogen-bond donors (Lipinski definition) is 1. The van der Waals surface area contributed by atoms with Crippen LogP contribution in [0.2, 0.25) is 0 Å². The van der Waals surface area contributed by atoms with Gasteiger partial charge in [-0.3, -0.25) is 0 Å². The van der Waals surface area contributed by atoms with Crippen molar-refractivity contribution in [3.63, 3.8) is 0 Å². The van der Waals surface area contributed by atoms with E-state index >= 15 is 0 Å². The average Bonchev–Trinajstić information content (AvgIpc) is 2.53. The first-order valence-electron chi connectivity index (χ1n) is 7.67. The first-order chi connectivity index (χ1) is 9.78. The maximum absolute atomic E-state index is 5.54. The van der Waals surface area contributed by atoms with Crippen molar-refractivity contribution in [3.05, 3.63) is 23.8 Å². The van der Waals surface area contributed by atoms with Crippen LogP contribution in [0.4, 0.5) is 0 Å². The van der Waals surface area contributed by atoms with Gasteiger partial charge in [0.2, 0.25) is 0 Å². The van der Waals surface area contributed by atoms with E-state index in [0.717, 1.165) is 17.4 Å². The van der Waals surface area contributed by atoms with Crippen LogP contribution in [0.25, 0.3) is 0 Å². The molecule has 1 aromatic rings. The molecule has 3 heteroatoms. The highest BCUT2D eigenvalue weighted by atomic mass is 16.5. The SMILES string of the molecule is CNC(CC1CCCCC1)c1ccc(OC)cc1OC. The fourth-order valence-electron chi connectivity index (χ4n) is 3.26. The lowest BCUT2D eigenvalue weighted by atomic mass is 9.83. The van der Waals surface area contributed by atoms with Crippen LogP contribution < -0.4 is 14.8 Å². The van der Waals surface area contributed by atoms with Crippen molar-refractivity contribution in [1.82, 2.24) is 5.32 Å². The van der Waals surface area contributed by atoms with E-state index in [9.17, 15) is 0 Å². The molecule has 1 unspecified atom stereocenters. The second kappa shape index (κ2) is 7.53. The van der Waals surface area contributed by atoms with Gasteiger partial charge in [-0.05, 0) is 25.5 Å². The van der Waals surface area contributed by atoms with E-state index in [2.05, 4.69) is 11.4 Å². The number of ether oxygens (including phenoxy) is 2. The van der Waals surface area contributed by atoms with Gasteiger partial charge >= 0.3 is 0 Å². The fraction of sp³-hybridized carbons (Fsp3) is 0.647. The minimum atomic E-state index is 0.360. The molecular weight excluding hydrogens is 250 g/mol. The van der Waals surface area contributed by atoms with E-state index < -0.39 is 0 Å². The Bertz CT molecular complexity index is 413. The molecule has 1 N–H and O–H groups in total. The van der Waals surface area contributed by atoms with Gasteiger partial charge in [0.05, 0.1) is 14.2 Å². The summed E-state index contributed by atoms with van der Waals surface area (Å²) in [5.41, 5.74) is 1.24. The lowest BCUT2D eigenvalue weighted by molar-refractivity contribution is 0.301. The molecule has 1 atom stereocenters. The number of rotatable bonds is 6. The molecule has 0 radical (unpaired) electrons. The first-order valence-corrected chi connectivity index (χ1v) is 7.67. The Labute approximate surface area is 122 Å². The quantitative estimate of drug-likeness (QED) is 0.854. The summed E-state index contributed by atoms with van der Waals surface area (Å²) >= 11 is 0. The highest BCUT2D eigenvalue weighted by Crippen LogP contribution is 2.36. The van der Waals surface area contributed by atoms with Crippen molar-refractivity contribution in [2.24, 2.45) is 5.92 Å². The van der Waals surface area contributed by atoms with Crippen molar-refractivity contribution in [2.45, 2.75) is 44.6 Å². The Kier molecular flexibility index (Phi) is 5.72. The maximum Gasteiger partial charge on any atom is 0.127 e. The fourth-order valence-corrected chi connectivity index (χ4v) is 3.26. The molecule has 0 amide bonds. The Morgan fingerprint density at radius 3 is 2.50 bits per heavy atom. The summed E-state index contributed by atoms with van der Waals surface area (Å²) in [7, 11) is 5.45. The van der Waals surface area contributed by atoms with Crippen molar-refractivity contribution in [2.75, 3.05) is 21.3 Å². The molecule has 0 aliphatic heterocycles. The first kappa shape index (κ1) is 15.2. The second-order valence-corrected chi connectivity index (χ2v) is 5.69. The van der Waals surface area contributed by atoms with Gasteiger partial charge in [0, 0.05) is 17.7 Å². The number of methoxy groups -OCH3 is 2. The summed E-state index contributed by atoms with van der Waals surface area (Å²) in [4.78, 5) is 0. The highest BCUT2D eigenvalue weighted by molar-refractivity contribution is 5.42. The van der Waals surface area contributed by atoms with Gasteiger partial charge in [-0.2, -0.15) is 0 Å². The zero-order valence-electron chi connectivity index (χ0n) is 12.9. The maximum atomic E-state index is 5.54. The van der Waals surface area contributed by atoms with Crippen LogP contribution in [0.15, 0.2) is 18.2 Å². The highest BCUT2D eigenvalue weighted by Gasteiger charge is 2.21. The Hall–Kier alpha value is -1.22. The summed E-state index contributed by atoms with van der Waals surface area (Å²) in [5.74, 6) is 2.60. The standard InChI is InChI=1S/C17H27NO2/c1-18-16(11-13-7-5-4-6-8-13)15-10-9-14(19-2)12-17(15)20-3/h9-10,12-13,16,18H,4-8,11H2,1-3H3. The molecule has 3 nitrogen and oxygen atoms in total. The smallest absolute Gasteiger partial charge is 0.127 e. The molecule has 0 heterocycles. The van der Waals surface area contributed by atoms with Crippen LogP contribution in [0.1, 0.15) is 50.1 Å². The molecule has 1 aliphatic rings. The van der Waals surface area contributed by atoms with Gasteiger partial charge < -0.3 is 14.8 Å². The molecule has 1 saturated carbocycles. The van der Waals surface area contributed by atoms with Crippen LogP contribution in [0.5, 0.6) is 11.5 Å². The predicted molar refractivity (Wildman–Crippen MR) is 82.5 cm³/mol. The van der Waals surface area contributed by atoms with E-state index in [1.807, 2.05) is 19.2 Å². The molecule has 1 aromatic carbocycles. The van der Waals surface area contributed by atoms with E-state index in [-0.39, 0.29) is 0 Å². The minimum absolute atomic E-state index is 0.360. The van der Waals surface area contributed by atoms with Crippen LogP contribution in [0, 0.1) is 5.92 Å². The lowest BCUT2D eigenvalue weighted by Gasteiger charge is -2.27. The summed E-state index contributed by atoms with van der Waals surface area (Å²) in [6.45, 7) is 0. The monoisotopic (exact) mass is 277 g/mol. The van der Waals surface area contributed by atoms with Crippen molar-refractivity contribution in [1.29, 1.82) is 0 Å². The molecule has 1 fully saturated rings. The van der Waals surface area contributed by atoms with E-state index in [4.69, 9.17) is 9.47 Å². The van der Waals surface area contributed by atoms with Gasteiger partial charge in [0.25, 0.3) is 0 Å². The van der Waals surface area contributed by atoms with Gasteiger partial charge in [0.15, 0.2) is 0 Å². The van der Waals surface area contributed by atoms with Gasteiger partial charge in [-0.25, -0.2) is 0 Å². The van der Waals surface area contributed by atoms with Crippen LogP contribution in [-0.2, 0) is 0 Å². The van der Waals surface area contributed by atoms with Gasteiger partial charge in [0.1, 0.15) is 11.5 Å². The molecule has 0 saturated heterocycles. The van der Waals surface area contributed by atoms with E-state index in [1.165, 1.54) is 44.1 Å². The normalized spacial score (nSPS) is 17.8. The van der Waals surface area contributed by atoms with Gasteiger partial charge in [-0.1, -0.05) is 38.2 Å². The summed E-state index contributed by atoms with van der Waals surface area (Å²) < 4.78 is 10.8. The zero-order valence-corrected chi connectivity index (χ0v) is 12.9. The Morgan fingerprint density at radius 2 is 1.90 bits per heavy atom. The predicted octanol–water partition coefficient (Wildman–Crippen LogP) is 3.93. The largest absolute Gasteiger partial charge is 0.497 e. The second-order valence-electron chi connectivity index (χ2n) is 5.69. The summed E-state index contributed by atoms with van der Waals surface area (Å²) in [6.07, 6.45) is 8.13. The van der Waals surface area contributed by atoms with Crippen LogP contribution >= 0.6 is 0 Å². The molecule has 112 valence electrons. The number of hydrogen-bond acceptors (Lipinski definition) is 3. The van der Waals surface area contributed by atoms with Gasteiger partial charge in [-0.15, -0.1) is 0 Å². The van der Waals surface area contributed by atoms with Crippen molar-refractivity contribution in [3.8, 4) is 11.5 Å². The molecule has 2 rings (SSSR count). The Balaban J connectivity index is 2.13. The summed E-state index contributed by atoms with van der Waals surface area (Å²) in [6, 6.07) is 6.48. The molecule has 1 aliphatic carbocycles. The molecule has 0 spiro atoms. The van der Waals surface area contributed by atoms with E-state index in [0.29, 0.717) is 6.04 Å². The zero-order chi connectivity index (χ0) is 14.4. The molecule has 0 bridgehead atoms.